The number of carbonyl (C=O) groups is 1. The zero-order valence-corrected chi connectivity index (χ0v) is 20.0. The number of piperazine rings is 1. The van der Waals surface area contributed by atoms with Crippen LogP contribution in [0.2, 0.25) is 0 Å². The Morgan fingerprint density at radius 2 is 1.85 bits per heavy atom. The molecule has 1 spiro atoms. The lowest BCUT2D eigenvalue weighted by atomic mass is 9.53. The molecule has 6 rings (SSSR count). The highest BCUT2D eigenvalue weighted by molar-refractivity contribution is 5.75. The molecule has 0 amide bonds. The molecule has 0 bridgehead atoms. The van der Waals surface area contributed by atoms with Gasteiger partial charge in [0.25, 0.3) is 0 Å². The second kappa shape index (κ2) is 8.51. The summed E-state index contributed by atoms with van der Waals surface area (Å²) in [6, 6.07) is 10.5. The Hall–Kier alpha value is -1.69. The van der Waals surface area contributed by atoms with Crippen molar-refractivity contribution in [3.8, 4) is 0 Å². The first-order valence-electron chi connectivity index (χ1n) is 13.1. The minimum absolute atomic E-state index is 0.0433. The lowest BCUT2D eigenvalue weighted by molar-refractivity contribution is -0.147. The molecule has 1 aromatic carbocycles. The molecular formula is C28H38N2O3. The molecule has 2 saturated carbocycles. The third-order valence-electron chi connectivity index (χ3n) is 9.47. The summed E-state index contributed by atoms with van der Waals surface area (Å²) in [5, 5.41) is 0. The van der Waals surface area contributed by atoms with Crippen LogP contribution in [0.3, 0.4) is 0 Å². The van der Waals surface area contributed by atoms with Crippen LogP contribution >= 0.6 is 0 Å². The number of carbonyl (C=O) groups excluding carboxylic acids is 1. The molecule has 5 nitrogen and oxygen atoms in total. The number of nitrogens with zero attached hydrogens (tertiary/aromatic N) is 2. The van der Waals surface area contributed by atoms with Gasteiger partial charge in [-0.1, -0.05) is 49.4 Å². The van der Waals surface area contributed by atoms with Crippen molar-refractivity contribution in [2.45, 2.75) is 50.7 Å². The molecule has 3 aliphatic heterocycles. The van der Waals surface area contributed by atoms with E-state index in [1.807, 2.05) is 0 Å². The zero-order valence-electron chi connectivity index (χ0n) is 20.0. The lowest BCUT2D eigenvalue weighted by Crippen LogP contribution is -2.52. The van der Waals surface area contributed by atoms with Gasteiger partial charge in [0, 0.05) is 45.2 Å². The second-order valence-electron chi connectivity index (χ2n) is 11.5. The highest BCUT2D eigenvalue weighted by Crippen LogP contribution is 2.62. The molecular weight excluding hydrogens is 412 g/mol. The molecule has 33 heavy (non-hydrogen) atoms. The summed E-state index contributed by atoms with van der Waals surface area (Å²) < 4.78 is 12.1. The first-order chi connectivity index (χ1) is 16.0. The maximum absolute atomic E-state index is 12.9. The number of fused-ring (bicyclic) bond motifs is 3. The van der Waals surface area contributed by atoms with E-state index in [1.54, 1.807) is 0 Å². The van der Waals surface area contributed by atoms with Gasteiger partial charge >= 0.3 is 5.97 Å². The summed E-state index contributed by atoms with van der Waals surface area (Å²) in [5.74, 6) is 1.08. The first-order valence-corrected chi connectivity index (χ1v) is 13.1. The molecule has 1 aromatic rings. The van der Waals surface area contributed by atoms with Crippen LogP contribution in [0.5, 0.6) is 0 Å². The van der Waals surface area contributed by atoms with Gasteiger partial charge in [-0.3, -0.25) is 14.6 Å². The third kappa shape index (κ3) is 4.17. The maximum Gasteiger partial charge on any atom is 0.310 e. The lowest BCUT2D eigenvalue weighted by Gasteiger charge is -2.51. The Morgan fingerprint density at radius 1 is 1.09 bits per heavy atom. The van der Waals surface area contributed by atoms with E-state index in [4.69, 9.17) is 9.47 Å². The molecule has 6 atom stereocenters. The molecule has 3 heterocycles. The monoisotopic (exact) mass is 450 g/mol. The van der Waals surface area contributed by atoms with Crippen LogP contribution in [0, 0.1) is 23.2 Å². The second-order valence-corrected chi connectivity index (χ2v) is 11.5. The van der Waals surface area contributed by atoms with Gasteiger partial charge in [-0.2, -0.15) is 0 Å². The van der Waals surface area contributed by atoms with Crippen molar-refractivity contribution in [2.24, 2.45) is 23.2 Å². The Labute approximate surface area is 198 Å². The standard InChI is InChI=1S/C28H38N2O3/c1-27-10-6-11-28(20-32-28)25(27)17-22-23(26(31)33-24(22)18-27)19-30-15-13-29(14-16-30)12-5-9-21-7-3-2-4-8-21/h2-5,7-9,22-25H,6,10-20H2,1H3/b9-5+/t22-,23+,24-,25+,27-,28+/m1/s1. The van der Waals surface area contributed by atoms with Crippen molar-refractivity contribution in [1.29, 1.82) is 0 Å². The fourth-order valence-electron chi connectivity index (χ4n) is 7.50. The van der Waals surface area contributed by atoms with Crippen molar-refractivity contribution in [3.05, 3.63) is 42.0 Å². The molecule has 0 radical (unpaired) electrons. The van der Waals surface area contributed by atoms with Crippen LogP contribution in [0.1, 0.15) is 44.6 Å². The summed E-state index contributed by atoms with van der Waals surface area (Å²) in [5.41, 5.74) is 1.67. The minimum Gasteiger partial charge on any atom is -0.462 e. The summed E-state index contributed by atoms with van der Waals surface area (Å²) in [7, 11) is 0. The van der Waals surface area contributed by atoms with Crippen molar-refractivity contribution in [1.82, 2.24) is 9.80 Å². The fourth-order valence-corrected chi connectivity index (χ4v) is 7.50. The summed E-state index contributed by atoms with van der Waals surface area (Å²) in [6.45, 7) is 9.42. The van der Waals surface area contributed by atoms with Crippen LogP contribution in [0.25, 0.3) is 6.08 Å². The fraction of sp³-hybridized carbons (Fsp3) is 0.679. The van der Waals surface area contributed by atoms with E-state index >= 15 is 0 Å². The van der Waals surface area contributed by atoms with Crippen molar-refractivity contribution in [3.63, 3.8) is 0 Å². The number of hydrogen-bond acceptors (Lipinski definition) is 5. The minimum atomic E-state index is 0.0433. The predicted molar refractivity (Wildman–Crippen MR) is 129 cm³/mol. The van der Waals surface area contributed by atoms with Gasteiger partial charge < -0.3 is 9.47 Å². The van der Waals surface area contributed by atoms with Gasteiger partial charge in [-0.05, 0) is 49.0 Å². The van der Waals surface area contributed by atoms with Crippen LogP contribution < -0.4 is 0 Å². The van der Waals surface area contributed by atoms with E-state index in [0.29, 0.717) is 11.8 Å². The Morgan fingerprint density at radius 3 is 2.61 bits per heavy atom. The Balaban J connectivity index is 1.04. The number of epoxide rings is 1. The predicted octanol–water partition coefficient (Wildman–Crippen LogP) is 3.84. The average Bonchev–Trinajstić information content (AvgIpc) is 3.52. The highest BCUT2D eigenvalue weighted by Gasteiger charge is 2.65. The topological polar surface area (TPSA) is 45.3 Å². The number of esters is 1. The van der Waals surface area contributed by atoms with E-state index < -0.39 is 0 Å². The molecule has 5 fully saturated rings. The van der Waals surface area contributed by atoms with Crippen LogP contribution in [-0.4, -0.2) is 73.3 Å². The third-order valence-corrected chi connectivity index (χ3v) is 9.47. The van der Waals surface area contributed by atoms with E-state index in [0.717, 1.165) is 58.7 Å². The Bertz CT molecular complexity index is 890. The molecule has 0 N–H and O–H groups in total. The van der Waals surface area contributed by atoms with Gasteiger partial charge in [0.1, 0.15) is 6.10 Å². The molecule has 5 heteroatoms. The van der Waals surface area contributed by atoms with Gasteiger partial charge in [-0.25, -0.2) is 0 Å². The number of ether oxygens (including phenoxy) is 2. The quantitative estimate of drug-likeness (QED) is 0.504. The van der Waals surface area contributed by atoms with Gasteiger partial charge in [0.15, 0.2) is 0 Å². The molecule has 0 aromatic heterocycles. The molecule has 2 aliphatic carbocycles. The molecule has 0 unspecified atom stereocenters. The SMILES string of the molecule is C[C@]12CCC[C@]3(CO3)[C@H]1C[C@@H]1[C@H](CN3CCN(C/C=C/c4ccccc4)CC3)C(=O)O[C@@H]1C2. The number of rotatable bonds is 5. The zero-order chi connectivity index (χ0) is 22.5. The number of hydrogen-bond donors (Lipinski definition) is 0. The van der Waals surface area contributed by atoms with E-state index in [9.17, 15) is 4.79 Å². The van der Waals surface area contributed by atoms with Crippen LogP contribution in [0.15, 0.2) is 36.4 Å². The normalized spacial score (nSPS) is 41.2. The van der Waals surface area contributed by atoms with E-state index in [1.165, 1.54) is 24.8 Å². The molecule has 5 aliphatic rings. The first kappa shape index (κ1) is 21.8. The maximum atomic E-state index is 12.9. The largest absolute Gasteiger partial charge is 0.462 e. The van der Waals surface area contributed by atoms with Gasteiger partial charge in [-0.15, -0.1) is 0 Å². The average molecular weight is 451 g/mol. The summed E-state index contributed by atoms with van der Waals surface area (Å²) >= 11 is 0. The van der Waals surface area contributed by atoms with Crippen molar-refractivity contribution >= 4 is 12.0 Å². The molecule has 178 valence electrons. The van der Waals surface area contributed by atoms with Gasteiger partial charge in [0.05, 0.1) is 18.1 Å². The van der Waals surface area contributed by atoms with Crippen LogP contribution in [0.4, 0.5) is 0 Å². The van der Waals surface area contributed by atoms with E-state index in [2.05, 4.69) is 59.2 Å². The highest BCUT2D eigenvalue weighted by atomic mass is 16.6. The van der Waals surface area contributed by atoms with Crippen molar-refractivity contribution in [2.75, 3.05) is 45.9 Å². The van der Waals surface area contributed by atoms with Gasteiger partial charge in [0.2, 0.25) is 0 Å². The smallest absolute Gasteiger partial charge is 0.310 e. The van der Waals surface area contributed by atoms with E-state index in [-0.39, 0.29) is 29.0 Å². The summed E-state index contributed by atoms with van der Waals surface area (Å²) in [4.78, 5) is 18.0. The Kier molecular flexibility index (Phi) is 5.63. The molecule has 3 saturated heterocycles. The number of benzene rings is 1. The van der Waals surface area contributed by atoms with Crippen LogP contribution in [-0.2, 0) is 14.3 Å². The van der Waals surface area contributed by atoms with Crippen molar-refractivity contribution < 1.29 is 14.3 Å². The summed E-state index contributed by atoms with van der Waals surface area (Å²) in [6.07, 6.45) is 10.5.